The van der Waals surface area contributed by atoms with Crippen LogP contribution in [0.4, 0.5) is 5.69 Å². The lowest BCUT2D eigenvalue weighted by atomic mass is 10.2. The normalized spacial score (nSPS) is 10.8. The number of ether oxygens (including phenoxy) is 2. The van der Waals surface area contributed by atoms with Crippen LogP contribution in [0.1, 0.15) is 19.4 Å². The zero-order chi connectivity index (χ0) is 12.5. The molecule has 3 heteroatoms. The van der Waals surface area contributed by atoms with Gasteiger partial charge < -0.3 is 14.8 Å². The van der Waals surface area contributed by atoms with Crippen molar-refractivity contribution < 1.29 is 9.47 Å². The Morgan fingerprint density at radius 2 is 2.06 bits per heavy atom. The van der Waals surface area contributed by atoms with Crippen molar-refractivity contribution in [3.05, 3.63) is 29.8 Å². The van der Waals surface area contributed by atoms with E-state index in [0.717, 1.165) is 12.2 Å². The van der Waals surface area contributed by atoms with Crippen LogP contribution in [0.3, 0.4) is 0 Å². The molecule has 0 aliphatic rings. The maximum atomic E-state index is 5.49. The summed E-state index contributed by atoms with van der Waals surface area (Å²) in [5, 5.41) is 3.41. The van der Waals surface area contributed by atoms with Crippen LogP contribution in [0.5, 0.6) is 0 Å². The van der Waals surface area contributed by atoms with E-state index in [1.807, 2.05) is 0 Å². The van der Waals surface area contributed by atoms with Gasteiger partial charge in [-0.15, -0.1) is 0 Å². The van der Waals surface area contributed by atoms with E-state index in [0.29, 0.717) is 25.7 Å². The van der Waals surface area contributed by atoms with E-state index in [-0.39, 0.29) is 0 Å². The third-order valence-corrected chi connectivity index (χ3v) is 2.34. The summed E-state index contributed by atoms with van der Waals surface area (Å²) in [6.07, 6.45) is 0. The van der Waals surface area contributed by atoms with Gasteiger partial charge in [0.05, 0.1) is 19.8 Å². The molecule has 0 fully saturated rings. The number of anilines is 1. The standard InChI is InChI=1S/C14H23NO2/c1-12(2)10-15-14-6-4-5-13(9-14)11-17-8-7-16-3/h4-6,9,12,15H,7-8,10-11H2,1-3H3. The molecule has 0 bridgehead atoms. The topological polar surface area (TPSA) is 30.5 Å². The minimum absolute atomic E-state index is 0.639. The molecule has 17 heavy (non-hydrogen) atoms. The zero-order valence-electron chi connectivity index (χ0n) is 11.0. The summed E-state index contributed by atoms with van der Waals surface area (Å²) in [5.74, 6) is 0.650. The van der Waals surface area contributed by atoms with Crippen molar-refractivity contribution in [1.29, 1.82) is 0 Å². The molecule has 0 atom stereocenters. The van der Waals surface area contributed by atoms with Crippen LogP contribution in [0, 0.1) is 5.92 Å². The van der Waals surface area contributed by atoms with Crippen LogP contribution in [-0.4, -0.2) is 26.9 Å². The van der Waals surface area contributed by atoms with E-state index in [4.69, 9.17) is 9.47 Å². The predicted molar refractivity (Wildman–Crippen MR) is 71.3 cm³/mol. The van der Waals surface area contributed by atoms with E-state index in [9.17, 15) is 0 Å². The molecule has 0 aliphatic carbocycles. The Labute approximate surface area is 104 Å². The SMILES string of the molecule is COCCOCc1cccc(NCC(C)C)c1. The number of benzene rings is 1. The van der Waals surface area contributed by atoms with Gasteiger partial charge in [-0.05, 0) is 23.6 Å². The van der Waals surface area contributed by atoms with Crippen molar-refractivity contribution in [2.75, 3.05) is 32.2 Å². The molecule has 0 heterocycles. The van der Waals surface area contributed by atoms with Crippen molar-refractivity contribution in [1.82, 2.24) is 0 Å². The average Bonchev–Trinajstić information content (AvgIpc) is 2.33. The van der Waals surface area contributed by atoms with Gasteiger partial charge >= 0.3 is 0 Å². The average molecular weight is 237 g/mol. The molecular weight excluding hydrogens is 214 g/mol. The van der Waals surface area contributed by atoms with E-state index in [1.54, 1.807) is 7.11 Å². The van der Waals surface area contributed by atoms with Gasteiger partial charge in [-0.25, -0.2) is 0 Å². The van der Waals surface area contributed by atoms with Crippen molar-refractivity contribution in [3.63, 3.8) is 0 Å². The van der Waals surface area contributed by atoms with Crippen molar-refractivity contribution in [2.45, 2.75) is 20.5 Å². The zero-order valence-corrected chi connectivity index (χ0v) is 11.0. The number of rotatable bonds is 8. The second kappa shape index (κ2) is 8.09. The number of nitrogens with one attached hydrogen (secondary N) is 1. The molecule has 0 saturated heterocycles. The Balaban J connectivity index is 2.37. The van der Waals surface area contributed by atoms with Gasteiger partial charge in [0.2, 0.25) is 0 Å². The maximum Gasteiger partial charge on any atom is 0.0718 e. The van der Waals surface area contributed by atoms with Crippen molar-refractivity contribution in [2.24, 2.45) is 5.92 Å². The Kier molecular flexibility index (Phi) is 6.67. The summed E-state index contributed by atoms with van der Waals surface area (Å²) < 4.78 is 10.4. The lowest BCUT2D eigenvalue weighted by Crippen LogP contribution is -2.08. The lowest BCUT2D eigenvalue weighted by Gasteiger charge is -2.10. The Hall–Kier alpha value is -1.06. The van der Waals surface area contributed by atoms with Gasteiger partial charge in [0.25, 0.3) is 0 Å². The third kappa shape index (κ3) is 6.29. The van der Waals surface area contributed by atoms with Gasteiger partial charge in [-0.1, -0.05) is 26.0 Å². The number of hydrogen-bond donors (Lipinski definition) is 1. The van der Waals surface area contributed by atoms with Crippen molar-refractivity contribution in [3.8, 4) is 0 Å². The Bertz CT molecular complexity index is 313. The molecule has 96 valence electrons. The number of methoxy groups -OCH3 is 1. The summed E-state index contributed by atoms with van der Waals surface area (Å²) in [5.41, 5.74) is 2.35. The molecular formula is C14H23NO2. The van der Waals surface area contributed by atoms with Gasteiger partial charge in [-0.3, -0.25) is 0 Å². The van der Waals surface area contributed by atoms with Gasteiger partial charge in [0.1, 0.15) is 0 Å². The van der Waals surface area contributed by atoms with E-state index >= 15 is 0 Å². The second-order valence-electron chi connectivity index (χ2n) is 4.52. The summed E-state index contributed by atoms with van der Waals surface area (Å²) in [6.45, 7) is 7.31. The molecule has 0 aliphatic heterocycles. The largest absolute Gasteiger partial charge is 0.385 e. The first kappa shape index (κ1) is 14.0. The lowest BCUT2D eigenvalue weighted by molar-refractivity contribution is 0.0617. The fourth-order valence-electron chi connectivity index (χ4n) is 1.43. The monoisotopic (exact) mass is 237 g/mol. The Morgan fingerprint density at radius 1 is 1.24 bits per heavy atom. The Morgan fingerprint density at radius 3 is 2.76 bits per heavy atom. The fraction of sp³-hybridized carbons (Fsp3) is 0.571. The fourth-order valence-corrected chi connectivity index (χ4v) is 1.43. The van der Waals surface area contributed by atoms with Gasteiger partial charge in [0, 0.05) is 19.3 Å². The highest BCUT2D eigenvalue weighted by Gasteiger charge is 1.98. The van der Waals surface area contributed by atoms with E-state index in [1.165, 1.54) is 5.56 Å². The van der Waals surface area contributed by atoms with Gasteiger partial charge in [-0.2, -0.15) is 0 Å². The minimum atomic E-state index is 0.639. The summed E-state index contributed by atoms with van der Waals surface area (Å²) in [7, 11) is 1.68. The molecule has 0 spiro atoms. The third-order valence-electron chi connectivity index (χ3n) is 2.34. The van der Waals surface area contributed by atoms with Crippen LogP contribution < -0.4 is 5.32 Å². The molecule has 1 rings (SSSR count). The number of hydrogen-bond acceptors (Lipinski definition) is 3. The molecule has 1 aromatic carbocycles. The summed E-state index contributed by atoms with van der Waals surface area (Å²) >= 11 is 0. The highest BCUT2D eigenvalue weighted by atomic mass is 16.5. The first-order valence-corrected chi connectivity index (χ1v) is 6.12. The first-order valence-electron chi connectivity index (χ1n) is 6.12. The molecule has 1 aromatic rings. The highest BCUT2D eigenvalue weighted by molar-refractivity contribution is 5.45. The van der Waals surface area contributed by atoms with Gasteiger partial charge in [0.15, 0.2) is 0 Å². The maximum absolute atomic E-state index is 5.49. The van der Waals surface area contributed by atoms with Crippen LogP contribution in [0.25, 0.3) is 0 Å². The van der Waals surface area contributed by atoms with Crippen LogP contribution in [-0.2, 0) is 16.1 Å². The summed E-state index contributed by atoms with van der Waals surface area (Å²) in [6, 6.07) is 8.35. The van der Waals surface area contributed by atoms with Crippen LogP contribution >= 0.6 is 0 Å². The molecule has 0 unspecified atom stereocenters. The quantitative estimate of drug-likeness (QED) is 0.705. The minimum Gasteiger partial charge on any atom is -0.385 e. The second-order valence-corrected chi connectivity index (χ2v) is 4.52. The molecule has 0 aromatic heterocycles. The molecule has 1 N–H and O–H groups in total. The molecule has 0 amide bonds. The van der Waals surface area contributed by atoms with Crippen LogP contribution in [0.15, 0.2) is 24.3 Å². The predicted octanol–water partition coefficient (Wildman–Crippen LogP) is 2.92. The van der Waals surface area contributed by atoms with Crippen molar-refractivity contribution >= 4 is 5.69 Å². The first-order chi connectivity index (χ1) is 8.22. The van der Waals surface area contributed by atoms with E-state index < -0.39 is 0 Å². The highest BCUT2D eigenvalue weighted by Crippen LogP contribution is 2.12. The van der Waals surface area contributed by atoms with Crippen LogP contribution in [0.2, 0.25) is 0 Å². The summed E-state index contributed by atoms with van der Waals surface area (Å²) in [4.78, 5) is 0. The molecule has 3 nitrogen and oxygen atoms in total. The smallest absolute Gasteiger partial charge is 0.0718 e. The molecule has 0 radical (unpaired) electrons. The van der Waals surface area contributed by atoms with E-state index in [2.05, 4.69) is 43.4 Å². The molecule has 0 saturated carbocycles.